The van der Waals surface area contributed by atoms with Gasteiger partial charge in [-0.15, -0.1) is 6.58 Å². The fraction of sp³-hybridized carbons (Fsp3) is 0.300. The second-order valence-corrected chi connectivity index (χ2v) is 3.87. The van der Waals surface area contributed by atoms with Gasteiger partial charge in [-0.05, 0) is 18.3 Å². The Morgan fingerprint density at radius 3 is 3.12 bits per heavy atom. The molecule has 1 unspecified atom stereocenters. The van der Waals surface area contributed by atoms with E-state index in [2.05, 4.69) is 33.5 Å². The maximum Gasteiger partial charge on any atom is 0.240 e. The van der Waals surface area contributed by atoms with Crippen LogP contribution in [0.25, 0.3) is 0 Å². The number of allylic oxidation sites excluding steroid dienone is 2. The number of aromatic nitrogens is 4. The highest BCUT2D eigenvalue weighted by molar-refractivity contribution is 7.71. The first kappa shape index (κ1) is 11.0. The van der Waals surface area contributed by atoms with Crippen LogP contribution in [0.4, 0.5) is 0 Å². The third kappa shape index (κ3) is 1.89. The maximum absolute atomic E-state index is 5.12. The van der Waals surface area contributed by atoms with Gasteiger partial charge in [0.05, 0.1) is 0 Å². The van der Waals surface area contributed by atoms with Crippen molar-refractivity contribution in [3.63, 3.8) is 0 Å². The fourth-order valence-corrected chi connectivity index (χ4v) is 1.94. The average molecular weight is 235 g/mol. The van der Waals surface area contributed by atoms with Gasteiger partial charge in [0.25, 0.3) is 0 Å². The molecule has 0 aliphatic heterocycles. The van der Waals surface area contributed by atoms with Crippen molar-refractivity contribution in [3.05, 3.63) is 41.7 Å². The largest absolute Gasteiger partial charge is 0.286 e. The minimum Gasteiger partial charge on any atom is -0.286 e. The van der Waals surface area contributed by atoms with Gasteiger partial charge in [-0.25, -0.2) is 4.68 Å². The zero-order chi connectivity index (χ0) is 11.4. The van der Waals surface area contributed by atoms with Crippen LogP contribution < -0.4 is 5.32 Å². The molecule has 0 saturated heterocycles. The summed E-state index contributed by atoms with van der Waals surface area (Å²) in [6.45, 7) is 4.38. The van der Waals surface area contributed by atoms with Gasteiger partial charge in [-0.1, -0.05) is 34.6 Å². The quantitative estimate of drug-likeness (QED) is 0.609. The molecule has 5 nitrogen and oxygen atoms in total. The Kier molecular flexibility index (Phi) is 3.12. The highest BCUT2D eigenvalue weighted by Crippen LogP contribution is 2.22. The van der Waals surface area contributed by atoms with Crippen LogP contribution in [0.2, 0.25) is 0 Å². The van der Waals surface area contributed by atoms with E-state index < -0.39 is 5.66 Å². The summed E-state index contributed by atoms with van der Waals surface area (Å²) < 4.78 is 2.17. The van der Waals surface area contributed by atoms with Gasteiger partial charge in [-0.2, -0.15) is 5.21 Å². The molecule has 84 valence electrons. The molecule has 2 rings (SSSR count). The van der Waals surface area contributed by atoms with Gasteiger partial charge in [0, 0.05) is 13.0 Å². The molecule has 0 bridgehead atoms. The van der Waals surface area contributed by atoms with Crippen molar-refractivity contribution in [2.24, 2.45) is 0 Å². The van der Waals surface area contributed by atoms with Crippen molar-refractivity contribution >= 4 is 12.2 Å². The van der Waals surface area contributed by atoms with Crippen LogP contribution in [0.15, 0.2) is 37.0 Å². The van der Waals surface area contributed by atoms with E-state index in [1.165, 1.54) is 0 Å². The molecule has 6 heteroatoms. The Labute approximate surface area is 98.5 Å². The molecule has 1 heterocycles. The molecule has 0 fully saturated rings. The number of hydrogen-bond donors (Lipinski definition) is 2. The number of nitrogens with one attached hydrogen (secondary N) is 2. The first-order valence-electron chi connectivity index (χ1n) is 4.99. The second-order valence-electron chi connectivity index (χ2n) is 3.50. The smallest absolute Gasteiger partial charge is 0.240 e. The van der Waals surface area contributed by atoms with Gasteiger partial charge in [0.1, 0.15) is 5.66 Å². The van der Waals surface area contributed by atoms with E-state index in [-0.39, 0.29) is 0 Å². The molecule has 1 aromatic rings. The molecular weight excluding hydrogens is 222 g/mol. The lowest BCUT2D eigenvalue weighted by atomic mass is 10.0. The Hall–Kier alpha value is -1.53. The highest BCUT2D eigenvalue weighted by atomic mass is 32.1. The monoisotopic (exact) mass is 235 g/mol. The molecule has 1 atom stereocenters. The standard InChI is InChI=1S/C10H13N5S/c1-2-8-11-10(6-4-3-5-7-10)15-9(16)12-13-14-15/h2-6,11H,1,7-8H2,(H,12,14,16). The Morgan fingerprint density at radius 1 is 1.69 bits per heavy atom. The highest BCUT2D eigenvalue weighted by Gasteiger charge is 2.29. The number of rotatable bonds is 4. The lowest BCUT2D eigenvalue weighted by Crippen LogP contribution is -2.47. The third-order valence-electron chi connectivity index (χ3n) is 2.47. The maximum atomic E-state index is 5.12. The predicted octanol–water partition coefficient (Wildman–Crippen LogP) is 1.28. The summed E-state index contributed by atoms with van der Waals surface area (Å²) in [5.74, 6) is 0. The minimum absolute atomic E-state index is 0.413. The molecule has 0 amide bonds. The normalized spacial score (nSPS) is 23.5. The Bertz CT molecular complexity index is 483. The zero-order valence-electron chi connectivity index (χ0n) is 8.76. The van der Waals surface area contributed by atoms with E-state index in [0.29, 0.717) is 11.3 Å². The van der Waals surface area contributed by atoms with E-state index >= 15 is 0 Å². The number of nitrogens with zero attached hydrogens (tertiary/aromatic N) is 3. The topological polar surface area (TPSA) is 58.5 Å². The average Bonchev–Trinajstić information content (AvgIpc) is 2.75. The van der Waals surface area contributed by atoms with E-state index in [9.17, 15) is 0 Å². The third-order valence-corrected chi connectivity index (χ3v) is 2.74. The number of tetrazole rings is 1. The van der Waals surface area contributed by atoms with E-state index in [1.807, 2.05) is 18.2 Å². The van der Waals surface area contributed by atoms with Crippen LogP contribution in [-0.4, -0.2) is 26.8 Å². The van der Waals surface area contributed by atoms with Gasteiger partial charge in [-0.3, -0.25) is 5.32 Å². The summed E-state index contributed by atoms with van der Waals surface area (Å²) >= 11 is 5.12. The Balaban J connectivity index is 2.38. The molecule has 2 N–H and O–H groups in total. The first-order valence-corrected chi connectivity index (χ1v) is 5.40. The molecule has 0 saturated carbocycles. The summed E-state index contributed by atoms with van der Waals surface area (Å²) in [7, 11) is 0. The minimum atomic E-state index is -0.413. The van der Waals surface area contributed by atoms with Gasteiger partial charge < -0.3 is 0 Å². The van der Waals surface area contributed by atoms with E-state index in [1.54, 1.807) is 10.8 Å². The summed E-state index contributed by atoms with van der Waals surface area (Å²) in [6.07, 6.45) is 10.7. The van der Waals surface area contributed by atoms with Crippen LogP contribution in [0.1, 0.15) is 6.42 Å². The molecule has 0 spiro atoms. The fourth-order valence-electron chi connectivity index (χ4n) is 1.69. The molecular formula is C10H13N5S. The van der Waals surface area contributed by atoms with Crippen molar-refractivity contribution in [3.8, 4) is 0 Å². The van der Waals surface area contributed by atoms with Gasteiger partial charge >= 0.3 is 0 Å². The molecule has 16 heavy (non-hydrogen) atoms. The molecule has 0 aromatic carbocycles. The predicted molar refractivity (Wildman–Crippen MR) is 64.3 cm³/mol. The lowest BCUT2D eigenvalue weighted by molar-refractivity contribution is 0.263. The van der Waals surface area contributed by atoms with Crippen molar-refractivity contribution in [2.45, 2.75) is 12.1 Å². The molecule has 1 aliphatic carbocycles. The van der Waals surface area contributed by atoms with E-state index in [0.717, 1.165) is 6.42 Å². The van der Waals surface area contributed by atoms with Crippen LogP contribution in [0.5, 0.6) is 0 Å². The molecule has 1 aliphatic rings. The van der Waals surface area contributed by atoms with Crippen LogP contribution >= 0.6 is 12.2 Å². The van der Waals surface area contributed by atoms with Gasteiger partial charge in [0.15, 0.2) is 0 Å². The zero-order valence-corrected chi connectivity index (χ0v) is 9.57. The van der Waals surface area contributed by atoms with Crippen LogP contribution in [0, 0.1) is 4.77 Å². The van der Waals surface area contributed by atoms with E-state index in [4.69, 9.17) is 12.2 Å². The summed E-state index contributed by atoms with van der Waals surface area (Å²) in [4.78, 5) is 0. The van der Waals surface area contributed by atoms with Crippen molar-refractivity contribution in [1.82, 2.24) is 25.5 Å². The SMILES string of the molecule is C=CCNC1(n2[nH]nnc2=S)C=CC=CC1. The van der Waals surface area contributed by atoms with Crippen LogP contribution in [-0.2, 0) is 5.66 Å². The summed E-state index contributed by atoms with van der Waals surface area (Å²) in [5, 5.41) is 13.7. The first-order chi connectivity index (χ1) is 7.78. The van der Waals surface area contributed by atoms with Gasteiger partial charge in [0.2, 0.25) is 4.77 Å². The summed E-state index contributed by atoms with van der Waals surface area (Å²) in [6, 6.07) is 0. The van der Waals surface area contributed by atoms with Crippen LogP contribution in [0.3, 0.4) is 0 Å². The lowest BCUT2D eigenvalue weighted by Gasteiger charge is -2.32. The molecule has 0 radical (unpaired) electrons. The van der Waals surface area contributed by atoms with Crippen molar-refractivity contribution < 1.29 is 0 Å². The van der Waals surface area contributed by atoms with Crippen molar-refractivity contribution in [2.75, 3.05) is 6.54 Å². The Morgan fingerprint density at radius 2 is 2.56 bits per heavy atom. The molecule has 1 aromatic heterocycles. The summed E-state index contributed by atoms with van der Waals surface area (Å²) in [5.41, 5.74) is -0.413. The van der Waals surface area contributed by atoms with Crippen molar-refractivity contribution in [1.29, 1.82) is 0 Å². The second kappa shape index (κ2) is 4.54. The number of hydrogen-bond acceptors (Lipinski definition) is 4. The number of aromatic amines is 1. The number of H-pyrrole nitrogens is 1.